The quantitative estimate of drug-likeness (QED) is 0.777. The van der Waals surface area contributed by atoms with E-state index in [2.05, 4.69) is 17.5 Å². The van der Waals surface area contributed by atoms with E-state index in [9.17, 15) is 4.79 Å². The number of hydrogen-bond acceptors (Lipinski definition) is 4. The number of para-hydroxylation sites is 1. The van der Waals surface area contributed by atoms with Crippen LogP contribution in [0.1, 0.15) is 18.9 Å². The molecule has 24 heavy (non-hydrogen) atoms. The van der Waals surface area contributed by atoms with Gasteiger partial charge in [-0.2, -0.15) is 0 Å². The van der Waals surface area contributed by atoms with Crippen LogP contribution in [0.5, 0.6) is 5.75 Å². The predicted octanol–water partition coefficient (Wildman–Crippen LogP) is 2.25. The zero-order valence-electron chi connectivity index (χ0n) is 14.4. The summed E-state index contributed by atoms with van der Waals surface area (Å²) in [6.07, 6.45) is 3.95. The number of ether oxygens (including phenoxy) is 2. The minimum atomic E-state index is 0.0453. The van der Waals surface area contributed by atoms with Gasteiger partial charge in [-0.1, -0.05) is 18.2 Å². The van der Waals surface area contributed by atoms with Crippen LogP contribution in [0.3, 0.4) is 0 Å². The SMILES string of the molecule is C=CCN1CCOC(COc2cccc3c2N(C(C)=O)CCC3)C1. The van der Waals surface area contributed by atoms with Gasteiger partial charge in [-0.05, 0) is 24.5 Å². The summed E-state index contributed by atoms with van der Waals surface area (Å²) in [4.78, 5) is 16.1. The highest BCUT2D eigenvalue weighted by molar-refractivity contribution is 5.94. The molecule has 2 aliphatic rings. The van der Waals surface area contributed by atoms with Crippen LogP contribution in [-0.2, 0) is 16.0 Å². The molecule has 1 unspecified atom stereocenters. The molecule has 2 heterocycles. The first-order valence-corrected chi connectivity index (χ1v) is 8.66. The van der Waals surface area contributed by atoms with Crippen molar-refractivity contribution in [3.05, 3.63) is 36.4 Å². The molecule has 130 valence electrons. The van der Waals surface area contributed by atoms with Gasteiger partial charge in [0.15, 0.2) is 0 Å². The van der Waals surface area contributed by atoms with Crippen LogP contribution in [0, 0.1) is 0 Å². The third-order valence-electron chi connectivity index (χ3n) is 4.60. The Morgan fingerprint density at radius 1 is 1.46 bits per heavy atom. The number of anilines is 1. The third kappa shape index (κ3) is 3.79. The van der Waals surface area contributed by atoms with E-state index < -0.39 is 0 Å². The highest BCUT2D eigenvalue weighted by atomic mass is 16.5. The smallest absolute Gasteiger partial charge is 0.223 e. The Labute approximate surface area is 143 Å². The number of carbonyl (C=O) groups is 1. The summed E-state index contributed by atoms with van der Waals surface area (Å²) in [5.74, 6) is 0.852. The lowest BCUT2D eigenvalue weighted by atomic mass is 10.0. The van der Waals surface area contributed by atoms with Crippen LogP contribution in [0.25, 0.3) is 0 Å². The molecule has 0 bridgehead atoms. The number of aryl methyl sites for hydroxylation is 1. The molecule has 1 fully saturated rings. The van der Waals surface area contributed by atoms with Crippen molar-refractivity contribution in [3.8, 4) is 5.75 Å². The van der Waals surface area contributed by atoms with Crippen molar-refractivity contribution in [1.82, 2.24) is 4.90 Å². The first-order valence-electron chi connectivity index (χ1n) is 8.66. The second-order valence-corrected chi connectivity index (χ2v) is 6.39. The lowest BCUT2D eigenvalue weighted by molar-refractivity contribution is -0.116. The molecule has 1 aromatic carbocycles. The molecule has 2 aliphatic heterocycles. The Morgan fingerprint density at radius 2 is 2.33 bits per heavy atom. The maximum atomic E-state index is 12.0. The van der Waals surface area contributed by atoms with Gasteiger partial charge in [-0.15, -0.1) is 6.58 Å². The summed E-state index contributed by atoms with van der Waals surface area (Å²) in [6.45, 7) is 10.0. The molecule has 0 saturated carbocycles. The first kappa shape index (κ1) is 17.0. The van der Waals surface area contributed by atoms with Crippen LogP contribution in [-0.4, -0.2) is 56.3 Å². The Balaban J connectivity index is 1.69. The van der Waals surface area contributed by atoms with Crippen LogP contribution in [0.2, 0.25) is 0 Å². The van der Waals surface area contributed by atoms with Crippen molar-refractivity contribution >= 4 is 11.6 Å². The van der Waals surface area contributed by atoms with Gasteiger partial charge < -0.3 is 14.4 Å². The number of rotatable bonds is 5. The normalized spacial score (nSPS) is 21.2. The van der Waals surface area contributed by atoms with Gasteiger partial charge in [0.1, 0.15) is 18.5 Å². The van der Waals surface area contributed by atoms with Crippen molar-refractivity contribution < 1.29 is 14.3 Å². The van der Waals surface area contributed by atoms with E-state index in [0.29, 0.717) is 13.2 Å². The third-order valence-corrected chi connectivity index (χ3v) is 4.60. The fourth-order valence-corrected chi connectivity index (χ4v) is 3.46. The first-order chi connectivity index (χ1) is 11.7. The number of fused-ring (bicyclic) bond motifs is 1. The van der Waals surface area contributed by atoms with Crippen molar-refractivity contribution in [2.45, 2.75) is 25.9 Å². The number of morpholine rings is 1. The summed E-state index contributed by atoms with van der Waals surface area (Å²) in [7, 11) is 0. The van der Waals surface area contributed by atoms with Crippen molar-refractivity contribution in [2.24, 2.45) is 0 Å². The molecule has 1 atom stereocenters. The monoisotopic (exact) mass is 330 g/mol. The Hall–Kier alpha value is -1.85. The van der Waals surface area contributed by atoms with E-state index in [-0.39, 0.29) is 12.0 Å². The number of hydrogen-bond donors (Lipinski definition) is 0. The minimum absolute atomic E-state index is 0.0453. The van der Waals surface area contributed by atoms with E-state index in [1.54, 1.807) is 6.92 Å². The number of benzene rings is 1. The Bertz CT molecular complexity index is 602. The van der Waals surface area contributed by atoms with Gasteiger partial charge >= 0.3 is 0 Å². The molecule has 5 heteroatoms. The molecule has 0 radical (unpaired) electrons. The highest BCUT2D eigenvalue weighted by Crippen LogP contribution is 2.36. The van der Waals surface area contributed by atoms with Gasteiger partial charge in [0.05, 0.1) is 12.3 Å². The molecular formula is C19H26N2O3. The molecule has 1 aromatic rings. The van der Waals surface area contributed by atoms with Gasteiger partial charge in [0.25, 0.3) is 0 Å². The predicted molar refractivity (Wildman–Crippen MR) is 94.7 cm³/mol. The molecule has 5 nitrogen and oxygen atoms in total. The summed E-state index contributed by atoms with van der Waals surface area (Å²) >= 11 is 0. The zero-order valence-corrected chi connectivity index (χ0v) is 14.4. The van der Waals surface area contributed by atoms with Crippen LogP contribution >= 0.6 is 0 Å². The maximum Gasteiger partial charge on any atom is 0.223 e. The zero-order chi connectivity index (χ0) is 16.9. The van der Waals surface area contributed by atoms with Gasteiger partial charge in [-0.25, -0.2) is 0 Å². The fourth-order valence-electron chi connectivity index (χ4n) is 3.46. The molecule has 0 spiro atoms. The maximum absolute atomic E-state index is 12.0. The second kappa shape index (κ2) is 7.81. The van der Waals surface area contributed by atoms with E-state index >= 15 is 0 Å². The van der Waals surface area contributed by atoms with E-state index in [1.165, 1.54) is 5.56 Å². The van der Waals surface area contributed by atoms with Crippen molar-refractivity contribution in [2.75, 3.05) is 44.3 Å². The Morgan fingerprint density at radius 3 is 3.12 bits per heavy atom. The van der Waals surface area contributed by atoms with Crippen LogP contribution in [0.15, 0.2) is 30.9 Å². The molecule has 0 N–H and O–H groups in total. The summed E-state index contributed by atoms with van der Waals surface area (Å²) < 4.78 is 11.9. The van der Waals surface area contributed by atoms with E-state index in [4.69, 9.17) is 9.47 Å². The lowest BCUT2D eigenvalue weighted by Crippen LogP contribution is -2.45. The fraction of sp³-hybridized carbons (Fsp3) is 0.526. The lowest BCUT2D eigenvalue weighted by Gasteiger charge is -2.33. The van der Waals surface area contributed by atoms with Crippen molar-refractivity contribution in [3.63, 3.8) is 0 Å². The molecule has 3 rings (SSSR count). The second-order valence-electron chi connectivity index (χ2n) is 6.39. The van der Waals surface area contributed by atoms with Gasteiger partial charge in [0, 0.05) is 33.1 Å². The van der Waals surface area contributed by atoms with Crippen LogP contribution in [0.4, 0.5) is 5.69 Å². The summed E-state index contributed by atoms with van der Waals surface area (Å²) in [5.41, 5.74) is 2.13. The molecular weight excluding hydrogens is 304 g/mol. The van der Waals surface area contributed by atoms with Gasteiger partial charge in [0.2, 0.25) is 5.91 Å². The molecule has 0 aliphatic carbocycles. The van der Waals surface area contributed by atoms with Gasteiger partial charge in [-0.3, -0.25) is 9.69 Å². The average molecular weight is 330 g/mol. The van der Waals surface area contributed by atoms with E-state index in [0.717, 1.165) is 50.5 Å². The molecule has 0 aromatic heterocycles. The number of amides is 1. The molecule has 1 amide bonds. The minimum Gasteiger partial charge on any atom is -0.489 e. The van der Waals surface area contributed by atoms with Crippen molar-refractivity contribution in [1.29, 1.82) is 0 Å². The standard InChI is InChI=1S/C19H26N2O3/c1-3-9-20-11-12-23-17(13-20)14-24-18-8-4-6-16-7-5-10-21(15(2)22)19(16)18/h3-4,6,8,17H,1,5,7,9-14H2,2H3. The topological polar surface area (TPSA) is 42.0 Å². The molecule has 1 saturated heterocycles. The summed E-state index contributed by atoms with van der Waals surface area (Å²) in [6, 6.07) is 6.04. The average Bonchev–Trinajstić information content (AvgIpc) is 2.60. The Kier molecular flexibility index (Phi) is 5.53. The van der Waals surface area contributed by atoms with Crippen LogP contribution < -0.4 is 9.64 Å². The summed E-state index contributed by atoms with van der Waals surface area (Å²) in [5, 5.41) is 0. The number of carbonyl (C=O) groups excluding carboxylic acids is 1. The number of nitrogens with zero attached hydrogens (tertiary/aromatic N) is 2. The largest absolute Gasteiger partial charge is 0.489 e. The van der Waals surface area contributed by atoms with E-state index in [1.807, 2.05) is 23.1 Å². The highest BCUT2D eigenvalue weighted by Gasteiger charge is 2.25.